The van der Waals surface area contributed by atoms with Crippen molar-refractivity contribution >= 4 is 39.2 Å². The van der Waals surface area contributed by atoms with Gasteiger partial charge < -0.3 is 44.0 Å². The van der Waals surface area contributed by atoms with E-state index in [2.05, 4.69) is 26.6 Å². The minimum absolute atomic E-state index is 0.0194. The first-order valence-corrected chi connectivity index (χ1v) is 19.0. The molecule has 0 bridgehead atoms. The fourth-order valence-corrected chi connectivity index (χ4v) is 6.65. The number of urea groups is 1. The number of aromatic nitrogens is 2. The van der Waals surface area contributed by atoms with Crippen LogP contribution in [0.25, 0.3) is 20.8 Å². The molecule has 2 fully saturated rings. The van der Waals surface area contributed by atoms with Crippen LogP contribution in [0.4, 0.5) is 14.9 Å². The number of ether oxygens (including phenoxy) is 6. The van der Waals surface area contributed by atoms with Gasteiger partial charge in [0.25, 0.3) is 0 Å². The summed E-state index contributed by atoms with van der Waals surface area (Å²) in [5.41, 5.74) is 2.94. The van der Waals surface area contributed by atoms with Crippen LogP contribution in [0.3, 0.4) is 0 Å². The SMILES string of the molecule is COCCOCCOCCOCCOCC(=O)N1CCN(Cc2ccc(-c3cc4nccc(Oc5ccc(NC(=O)NC6CC6)cc5F)c4s3)nc2)CC1. The highest BCUT2D eigenvalue weighted by atomic mass is 32.1. The van der Waals surface area contributed by atoms with Crippen LogP contribution in [-0.2, 0) is 35.0 Å². The number of fused-ring (bicyclic) bond motifs is 1. The summed E-state index contributed by atoms with van der Waals surface area (Å²) in [7, 11) is 1.63. The second-order valence-corrected chi connectivity index (χ2v) is 13.9. The average Bonchev–Trinajstić information content (AvgIpc) is 3.88. The van der Waals surface area contributed by atoms with E-state index in [4.69, 9.17) is 33.4 Å². The van der Waals surface area contributed by atoms with E-state index in [0.717, 1.165) is 58.8 Å². The molecule has 0 spiro atoms. The highest BCUT2D eigenvalue weighted by Crippen LogP contribution is 2.39. The molecule has 1 aliphatic heterocycles. The fraction of sp³-hybridized carbons (Fsp3) is 0.474. The number of nitrogens with one attached hydrogen (secondary N) is 2. The maximum absolute atomic E-state index is 15.0. The summed E-state index contributed by atoms with van der Waals surface area (Å²) < 4.78 is 48.4. The molecule has 6 rings (SSSR count). The molecule has 1 saturated heterocycles. The lowest BCUT2D eigenvalue weighted by Gasteiger charge is -2.34. The lowest BCUT2D eigenvalue weighted by molar-refractivity contribution is -0.138. The number of amides is 3. The van der Waals surface area contributed by atoms with E-state index in [0.29, 0.717) is 77.4 Å². The minimum Gasteiger partial charge on any atom is -0.453 e. The van der Waals surface area contributed by atoms with Gasteiger partial charge in [0.05, 0.1) is 73.6 Å². The Morgan fingerprint density at radius 3 is 2.24 bits per heavy atom. The van der Waals surface area contributed by atoms with Gasteiger partial charge in [0.15, 0.2) is 11.6 Å². The predicted octanol–water partition coefficient (Wildman–Crippen LogP) is 4.93. The summed E-state index contributed by atoms with van der Waals surface area (Å²) >= 11 is 1.47. The average molecular weight is 767 g/mol. The normalized spacial score (nSPS) is 14.7. The number of pyridine rings is 2. The summed E-state index contributed by atoms with van der Waals surface area (Å²) in [4.78, 5) is 39.0. The van der Waals surface area contributed by atoms with E-state index in [9.17, 15) is 14.0 Å². The standard InChI is InChI=1S/C38H47FN6O8S/c1-48-14-15-49-16-17-50-18-19-51-20-21-52-26-36(46)45-12-10-44(11-13-45)25-27-2-6-31(41-24-27)35-23-32-37(54-35)34(8-9-40-32)53-33-7-5-29(22-30(33)39)43-38(47)42-28-3-4-28/h2,5-9,22-24,28H,3-4,10-21,25-26H2,1H3,(H2,42,43,47). The highest BCUT2D eigenvalue weighted by Gasteiger charge is 2.24. The molecular weight excluding hydrogens is 720 g/mol. The molecule has 0 atom stereocenters. The second kappa shape index (κ2) is 20.4. The molecule has 0 radical (unpaired) electrons. The Kier molecular flexibility index (Phi) is 14.9. The summed E-state index contributed by atoms with van der Waals surface area (Å²) in [6, 6.07) is 11.9. The molecule has 1 saturated carbocycles. The van der Waals surface area contributed by atoms with Crippen molar-refractivity contribution in [2.45, 2.75) is 25.4 Å². The number of carbonyl (C=O) groups is 2. The van der Waals surface area contributed by atoms with Gasteiger partial charge in [-0.1, -0.05) is 6.07 Å². The Balaban J connectivity index is 0.897. The summed E-state index contributed by atoms with van der Waals surface area (Å²) in [5.74, 6) is -0.0883. The van der Waals surface area contributed by atoms with Gasteiger partial charge >= 0.3 is 6.03 Å². The maximum atomic E-state index is 15.0. The smallest absolute Gasteiger partial charge is 0.319 e. The zero-order valence-electron chi connectivity index (χ0n) is 30.4. The number of benzene rings is 1. The first-order valence-electron chi connectivity index (χ1n) is 18.1. The van der Waals surface area contributed by atoms with E-state index in [1.807, 2.05) is 23.2 Å². The van der Waals surface area contributed by atoms with Crippen molar-refractivity contribution < 1.29 is 42.4 Å². The Bertz CT molecular complexity index is 1800. The molecule has 4 aromatic rings. The third kappa shape index (κ3) is 12.1. The van der Waals surface area contributed by atoms with Gasteiger partial charge in [0.2, 0.25) is 5.91 Å². The number of halogens is 1. The Morgan fingerprint density at radius 2 is 1.57 bits per heavy atom. The number of methoxy groups -OCH3 is 1. The van der Waals surface area contributed by atoms with Crippen molar-refractivity contribution in [3.05, 3.63) is 66.2 Å². The number of piperazine rings is 1. The third-order valence-corrected chi connectivity index (χ3v) is 9.84. The summed E-state index contributed by atoms with van der Waals surface area (Å²) in [5, 5.41) is 5.47. The van der Waals surface area contributed by atoms with Gasteiger partial charge in [-0.15, -0.1) is 11.3 Å². The van der Waals surface area contributed by atoms with Gasteiger partial charge in [-0.05, 0) is 42.7 Å². The zero-order valence-corrected chi connectivity index (χ0v) is 31.2. The molecule has 0 unspecified atom stereocenters. The third-order valence-electron chi connectivity index (χ3n) is 8.68. The van der Waals surface area contributed by atoms with Gasteiger partial charge in [-0.3, -0.25) is 19.7 Å². The van der Waals surface area contributed by atoms with Crippen molar-refractivity contribution in [3.63, 3.8) is 0 Å². The molecule has 2 aliphatic rings. The number of nitrogens with zero attached hydrogens (tertiary/aromatic N) is 4. The van der Waals surface area contributed by atoms with Crippen LogP contribution < -0.4 is 15.4 Å². The minimum atomic E-state index is -0.590. The van der Waals surface area contributed by atoms with Gasteiger partial charge in [0, 0.05) is 76.1 Å². The van der Waals surface area contributed by atoms with Gasteiger partial charge in [-0.25, -0.2) is 9.18 Å². The Morgan fingerprint density at radius 1 is 0.852 bits per heavy atom. The molecule has 16 heteroatoms. The Hall–Kier alpha value is -4.29. The molecule has 3 amide bonds. The molecule has 290 valence electrons. The second-order valence-electron chi connectivity index (χ2n) is 12.8. The first-order chi connectivity index (χ1) is 26.4. The van der Waals surface area contributed by atoms with E-state index in [-0.39, 0.29) is 30.3 Å². The number of rotatable bonds is 21. The number of hydrogen-bond donors (Lipinski definition) is 2. The summed E-state index contributed by atoms with van der Waals surface area (Å²) in [6.07, 6.45) is 5.43. The van der Waals surface area contributed by atoms with Crippen LogP contribution in [-0.4, -0.2) is 130 Å². The predicted molar refractivity (Wildman–Crippen MR) is 202 cm³/mol. The number of thiophene rings is 1. The lowest BCUT2D eigenvalue weighted by atomic mass is 10.2. The fourth-order valence-electron chi connectivity index (χ4n) is 5.61. The van der Waals surface area contributed by atoms with E-state index >= 15 is 0 Å². The molecule has 3 aromatic heterocycles. The van der Waals surface area contributed by atoms with Crippen molar-refractivity contribution in [1.29, 1.82) is 0 Å². The van der Waals surface area contributed by atoms with Crippen molar-refractivity contribution in [3.8, 4) is 22.1 Å². The van der Waals surface area contributed by atoms with E-state index < -0.39 is 5.82 Å². The molecule has 2 N–H and O–H groups in total. The zero-order chi connectivity index (χ0) is 37.5. The molecule has 14 nitrogen and oxygen atoms in total. The molecule has 4 heterocycles. The largest absolute Gasteiger partial charge is 0.453 e. The van der Waals surface area contributed by atoms with Crippen LogP contribution in [0.2, 0.25) is 0 Å². The monoisotopic (exact) mass is 766 g/mol. The lowest BCUT2D eigenvalue weighted by Crippen LogP contribution is -2.49. The van der Waals surface area contributed by atoms with E-state index in [1.54, 1.807) is 25.4 Å². The Labute approximate surface area is 317 Å². The van der Waals surface area contributed by atoms with Crippen LogP contribution in [0.1, 0.15) is 18.4 Å². The first kappa shape index (κ1) is 39.4. The van der Waals surface area contributed by atoms with Gasteiger partial charge in [-0.2, -0.15) is 0 Å². The number of carbonyl (C=O) groups excluding carboxylic acids is 2. The molecule has 1 aromatic carbocycles. The maximum Gasteiger partial charge on any atom is 0.319 e. The van der Waals surface area contributed by atoms with Crippen molar-refractivity contribution in [2.24, 2.45) is 0 Å². The van der Waals surface area contributed by atoms with Gasteiger partial charge in [0.1, 0.15) is 12.4 Å². The van der Waals surface area contributed by atoms with Crippen LogP contribution in [0, 0.1) is 5.82 Å². The molecule has 54 heavy (non-hydrogen) atoms. The molecular formula is C38H47FN6O8S. The summed E-state index contributed by atoms with van der Waals surface area (Å²) in [6.45, 7) is 7.37. The van der Waals surface area contributed by atoms with Crippen molar-refractivity contribution in [1.82, 2.24) is 25.1 Å². The van der Waals surface area contributed by atoms with Crippen molar-refractivity contribution in [2.75, 3.05) is 98.1 Å². The molecule has 1 aliphatic carbocycles. The number of hydrogen-bond acceptors (Lipinski definition) is 12. The quantitative estimate of drug-likeness (QED) is 0.111. The van der Waals surface area contributed by atoms with Crippen LogP contribution in [0.15, 0.2) is 54.9 Å². The van der Waals surface area contributed by atoms with Crippen LogP contribution >= 0.6 is 11.3 Å². The highest BCUT2D eigenvalue weighted by molar-refractivity contribution is 7.22. The van der Waals surface area contributed by atoms with E-state index in [1.165, 1.54) is 23.5 Å². The van der Waals surface area contributed by atoms with Crippen LogP contribution in [0.5, 0.6) is 11.5 Å². The topological polar surface area (TPSA) is 146 Å². The number of anilines is 1.